The number of anilines is 1. The number of rotatable bonds is 12. The fourth-order valence-corrected chi connectivity index (χ4v) is 5.81. The molecule has 3 aromatic rings. The van der Waals surface area contributed by atoms with Gasteiger partial charge in [-0.2, -0.15) is 0 Å². The van der Waals surface area contributed by atoms with Crippen molar-refractivity contribution in [1.82, 2.24) is 10.2 Å². The molecule has 3 rings (SSSR count). The number of halogens is 1. The average Bonchev–Trinajstić information content (AvgIpc) is 2.93. The van der Waals surface area contributed by atoms with Crippen LogP contribution in [0.15, 0.2) is 71.6 Å². The van der Waals surface area contributed by atoms with E-state index in [1.807, 2.05) is 39.0 Å². The Hall–Kier alpha value is -3.56. The molecule has 1 N–H and O–H groups in total. The maximum atomic E-state index is 14.0. The molecule has 0 aromatic heterocycles. The minimum absolute atomic E-state index is 0.000370. The highest BCUT2D eigenvalue weighted by atomic mass is 35.5. The van der Waals surface area contributed by atoms with Crippen molar-refractivity contribution >= 4 is 39.1 Å². The lowest BCUT2D eigenvalue weighted by Crippen LogP contribution is -2.52. The quantitative estimate of drug-likeness (QED) is 0.319. The van der Waals surface area contributed by atoms with Crippen LogP contribution < -0.4 is 14.4 Å². The molecule has 1 atom stereocenters. The third-order valence-corrected chi connectivity index (χ3v) is 8.75. The first kappa shape index (κ1) is 31.0. The first-order chi connectivity index (χ1) is 19.0. The van der Waals surface area contributed by atoms with Crippen molar-refractivity contribution in [2.45, 2.75) is 51.6 Å². The number of benzene rings is 3. The summed E-state index contributed by atoms with van der Waals surface area (Å²) in [5.74, 6) is -0.151. The van der Waals surface area contributed by atoms with Crippen LogP contribution >= 0.6 is 11.6 Å². The number of methoxy groups -OCH3 is 1. The van der Waals surface area contributed by atoms with Gasteiger partial charge in [-0.3, -0.25) is 13.9 Å². The summed E-state index contributed by atoms with van der Waals surface area (Å²) in [5, 5.41) is 3.19. The van der Waals surface area contributed by atoms with Crippen LogP contribution in [0.3, 0.4) is 0 Å². The molecule has 40 heavy (non-hydrogen) atoms. The largest absolute Gasteiger partial charge is 0.497 e. The van der Waals surface area contributed by atoms with Crippen molar-refractivity contribution in [2.75, 3.05) is 24.5 Å². The van der Waals surface area contributed by atoms with E-state index in [1.165, 1.54) is 29.2 Å². The summed E-state index contributed by atoms with van der Waals surface area (Å²) in [5.41, 5.74) is 2.99. The molecule has 0 bridgehead atoms. The predicted octanol–water partition coefficient (Wildman–Crippen LogP) is 5.10. The number of hydrogen-bond donors (Lipinski definition) is 1. The van der Waals surface area contributed by atoms with E-state index in [0.29, 0.717) is 29.4 Å². The fourth-order valence-electron chi connectivity index (χ4n) is 4.28. The lowest BCUT2D eigenvalue weighted by Gasteiger charge is -2.33. The van der Waals surface area contributed by atoms with E-state index in [1.54, 1.807) is 38.3 Å². The summed E-state index contributed by atoms with van der Waals surface area (Å²) in [7, 11) is -2.60. The fraction of sp³-hybridized carbons (Fsp3) is 0.333. The smallest absolute Gasteiger partial charge is 0.264 e. The van der Waals surface area contributed by atoms with Gasteiger partial charge in [0.25, 0.3) is 10.0 Å². The Kier molecular flexibility index (Phi) is 10.6. The zero-order valence-corrected chi connectivity index (χ0v) is 25.1. The Morgan fingerprint density at radius 1 is 0.950 bits per heavy atom. The molecule has 0 spiro atoms. The van der Waals surface area contributed by atoms with Crippen molar-refractivity contribution < 1.29 is 22.7 Å². The summed E-state index contributed by atoms with van der Waals surface area (Å²) in [6.07, 6.45) is 0.349. The molecule has 0 saturated heterocycles. The van der Waals surface area contributed by atoms with E-state index < -0.39 is 28.5 Å². The first-order valence-corrected chi connectivity index (χ1v) is 14.9. The standard InChI is InChI=1S/C30H36ClN3O5S/c1-6-28(30(36)32-7-2)33(19-23-9-14-26(39-5)15-10-23)29(35)20-34(25-13-8-21(3)22(4)18-25)40(37,38)27-16-11-24(31)12-17-27/h8-18,28H,6-7,19-20H2,1-5H3,(H,32,36). The van der Waals surface area contributed by atoms with Gasteiger partial charge in [0.15, 0.2) is 0 Å². The number of carbonyl (C=O) groups is 2. The van der Waals surface area contributed by atoms with E-state index in [4.69, 9.17) is 16.3 Å². The van der Waals surface area contributed by atoms with Crippen LogP contribution in [0, 0.1) is 13.8 Å². The van der Waals surface area contributed by atoms with Gasteiger partial charge in [-0.25, -0.2) is 8.42 Å². The van der Waals surface area contributed by atoms with Crippen LogP contribution in [0.5, 0.6) is 5.75 Å². The molecule has 0 saturated carbocycles. The highest BCUT2D eigenvalue weighted by Gasteiger charge is 2.33. The number of carbonyl (C=O) groups excluding carboxylic acids is 2. The number of amides is 2. The third-order valence-electron chi connectivity index (χ3n) is 6.71. The van der Waals surface area contributed by atoms with Crippen LogP contribution in [0.25, 0.3) is 0 Å². The monoisotopic (exact) mass is 585 g/mol. The molecule has 0 aliphatic heterocycles. The maximum absolute atomic E-state index is 14.0. The average molecular weight is 586 g/mol. The van der Waals surface area contributed by atoms with E-state index in [-0.39, 0.29) is 17.3 Å². The Labute approximate surface area is 241 Å². The molecule has 0 fully saturated rings. The van der Waals surface area contributed by atoms with Gasteiger partial charge in [0.05, 0.1) is 17.7 Å². The number of aryl methyl sites for hydroxylation is 2. The molecule has 10 heteroatoms. The highest BCUT2D eigenvalue weighted by molar-refractivity contribution is 7.92. The van der Waals surface area contributed by atoms with Gasteiger partial charge in [0.1, 0.15) is 18.3 Å². The Morgan fingerprint density at radius 2 is 1.60 bits per heavy atom. The molecular weight excluding hydrogens is 550 g/mol. The normalized spacial score (nSPS) is 11.9. The van der Waals surface area contributed by atoms with E-state index in [0.717, 1.165) is 21.0 Å². The first-order valence-electron chi connectivity index (χ1n) is 13.1. The van der Waals surface area contributed by atoms with Crippen molar-refractivity contribution in [2.24, 2.45) is 0 Å². The van der Waals surface area contributed by atoms with Gasteiger partial charge in [-0.15, -0.1) is 0 Å². The molecule has 8 nitrogen and oxygen atoms in total. The van der Waals surface area contributed by atoms with Crippen molar-refractivity contribution in [3.63, 3.8) is 0 Å². The predicted molar refractivity (Wildman–Crippen MR) is 158 cm³/mol. The summed E-state index contributed by atoms with van der Waals surface area (Å²) in [6, 6.07) is 17.4. The lowest BCUT2D eigenvalue weighted by atomic mass is 10.1. The molecule has 1 unspecified atom stereocenters. The Balaban J connectivity index is 2.07. The number of sulfonamides is 1. The second-order valence-electron chi connectivity index (χ2n) is 9.42. The minimum atomic E-state index is -4.16. The van der Waals surface area contributed by atoms with E-state index in [9.17, 15) is 18.0 Å². The Morgan fingerprint density at radius 3 is 2.15 bits per heavy atom. The van der Waals surface area contributed by atoms with Crippen molar-refractivity contribution in [1.29, 1.82) is 0 Å². The van der Waals surface area contributed by atoms with Gasteiger partial charge in [0, 0.05) is 18.1 Å². The summed E-state index contributed by atoms with van der Waals surface area (Å²) >= 11 is 6.01. The second-order valence-corrected chi connectivity index (χ2v) is 11.7. The summed E-state index contributed by atoms with van der Waals surface area (Å²) < 4.78 is 34.2. The summed E-state index contributed by atoms with van der Waals surface area (Å²) in [6.45, 7) is 7.45. The van der Waals surface area contributed by atoms with Crippen LogP contribution in [-0.4, -0.2) is 51.4 Å². The van der Waals surface area contributed by atoms with Crippen molar-refractivity contribution in [3.8, 4) is 5.75 Å². The Bertz CT molecular complexity index is 1430. The van der Waals surface area contributed by atoms with Gasteiger partial charge < -0.3 is 15.0 Å². The zero-order valence-electron chi connectivity index (χ0n) is 23.5. The van der Waals surface area contributed by atoms with Crippen LogP contribution in [-0.2, 0) is 26.2 Å². The zero-order chi connectivity index (χ0) is 29.4. The number of likely N-dealkylation sites (N-methyl/N-ethyl adjacent to an activating group) is 1. The molecule has 2 amide bonds. The van der Waals surface area contributed by atoms with Crippen LogP contribution in [0.1, 0.15) is 37.0 Å². The molecule has 0 radical (unpaired) electrons. The van der Waals surface area contributed by atoms with Crippen LogP contribution in [0.4, 0.5) is 5.69 Å². The topological polar surface area (TPSA) is 96.0 Å². The molecule has 0 aliphatic rings. The van der Waals surface area contributed by atoms with Gasteiger partial charge in [0.2, 0.25) is 11.8 Å². The van der Waals surface area contributed by atoms with Gasteiger partial charge in [-0.05, 0) is 92.4 Å². The number of hydrogen-bond acceptors (Lipinski definition) is 5. The molecule has 214 valence electrons. The van der Waals surface area contributed by atoms with E-state index in [2.05, 4.69) is 5.32 Å². The second kappa shape index (κ2) is 13.7. The molecule has 3 aromatic carbocycles. The number of ether oxygens (including phenoxy) is 1. The van der Waals surface area contributed by atoms with E-state index >= 15 is 0 Å². The molecule has 0 aliphatic carbocycles. The maximum Gasteiger partial charge on any atom is 0.264 e. The number of nitrogens with zero attached hydrogens (tertiary/aromatic N) is 2. The van der Waals surface area contributed by atoms with Gasteiger partial charge >= 0.3 is 0 Å². The van der Waals surface area contributed by atoms with Crippen molar-refractivity contribution in [3.05, 3.63) is 88.4 Å². The SMILES string of the molecule is CCNC(=O)C(CC)N(Cc1ccc(OC)cc1)C(=O)CN(c1ccc(C)c(C)c1)S(=O)(=O)c1ccc(Cl)cc1. The third kappa shape index (κ3) is 7.34. The molecular formula is C30H36ClN3O5S. The minimum Gasteiger partial charge on any atom is -0.497 e. The highest BCUT2D eigenvalue weighted by Crippen LogP contribution is 2.27. The van der Waals surface area contributed by atoms with Crippen LogP contribution in [0.2, 0.25) is 5.02 Å². The number of nitrogens with one attached hydrogen (secondary N) is 1. The summed E-state index contributed by atoms with van der Waals surface area (Å²) in [4.78, 5) is 28.5. The lowest BCUT2D eigenvalue weighted by molar-refractivity contribution is -0.140. The van der Waals surface area contributed by atoms with Gasteiger partial charge in [-0.1, -0.05) is 36.7 Å². The molecule has 0 heterocycles.